The standard InChI is InChI=1S/C18H17FN6O/c19-13-4-3-5-14(10-13)21-17(26)15-11-16(24-7-1-2-8-24)23-18(22-15)25-9-6-20-12-25/h3-6,9-12H,1-2,7-8H2,(H,21,26). The molecule has 0 aliphatic carbocycles. The highest BCUT2D eigenvalue weighted by Crippen LogP contribution is 2.20. The number of hydrogen-bond acceptors (Lipinski definition) is 5. The maximum Gasteiger partial charge on any atom is 0.274 e. The van der Waals surface area contributed by atoms with Gasteiger partial charge in [-0.15, -0.1) is 0 Å². The maximum absolute atomic E-state index is 13.3. The van der Waals surface area contributed by atoms with Gasteiger partial charge in [0.25, 0.3) is 5.91 Å². The van der Waals surface area contributed by atoms with Gasteiger partial charge >= 0.3 is 0 Å². The quantitative estimate of drug-likeness (QED) is 0.781. The van der Waals surface area contributed by atoms with E-state index in [9.17, 15) is 9.18 Å². The van der Waals surface area contributed by atoms with E-state index in [1.165, 1.54) is 18.2 Å². The fraction of sp³-hybridized carbons (Fsp3) is 0.222. The number of carbonyl (C=O) groups is 1. The van der Waals surface area contributed by atoms with E-state index in [0.29, 0.717) is 17.5 Å². The Morgan fingerprint density at radius 3 is 2.73 bits per heavy atom. The first kappa shape index (κ1) is 16.2. The molecule has 1 aromatic carbocycles. The number of nitrogens with one attached hydrogen (secondary N) is 1. The second-order valence-electron chi connectivity index (χ2n) is 6.04. The number of carbonyl (C=O) groups excluding carboxylic acids is 1. The Bertz CT molecular complexity index is 921. The van der Waals surface area contributed by atoms with Crippen LogP contribution in [0.1, 0.15) is 23.3 Å². The predicted molar refractivity (Wildman–Crippen MR) is 95.0 cm³/mol. The minimum atomic E-state index is -0.417. The van der Waals surface area contributed by atoms with E-state index in [2.05, 4.69) is 25.2 Å². The van der Waals surface area contributed by atoms with Gasteiger partial charge in [0.05, 0.1) is 0 Å². The summed E-state index contributed by atoms with van der Waals surface area (Å²) < 4.78 is 15.0. The monoisotopic (exact) mass is 352 g/mol. The molecule has 3 heterocycles. The molecule has 1 N–H and O–H groups in total. The highest BCUT2D eigenvalue weighted by Gasteiger charge is 2.19. The lowest BCUT2D eigenvalue weighted by atomic mass is 10.3. The van der Waals surface area contributed by atoms with Crippen molar-refractivity contribution in [2.75, 3.05) is 23.3 Å². The summed E-state index contributed by atoms with van der Waals surface area (Å²) in [6.45, 7) is 1.79. The van der Waals surface area contributed by atoms with E-state index < -0.39 is 11.7 Å². The van der Waals surface area contributed by atoms with Gasteiger partial charge in [-0.25, -0.2) is 14.4 Å². The Morgan fingerprint density at radius 2 is 2.00 bits per heavy atom. The first-order chi connectivity index (χ1) is 12.7. The normalized spacial score (nSPS) is 13.8. The lowest BCUT2D eigenvalue weighted by molar-refractivity contribution is 0.102. The Hall–Kier alpha value is -3.29. The third kappa shape index (κ3) is 3.39. The van der Waals surface area contributed by atoms with E-state index in [4.69, 9.17) is 0 Å². The molecule has 0 unspecified atom stereocenters. The van der Waals surface area contributed by atoms with E-state index in [1.807, 2.05) is 0 Å². The molecule has 0 radical (unpaired) electrons. The van der Waals surface area contributed by atoms with Gasteiger partial charge < -0.3 is 10.2 Å². The molecule has 1 fully saturated rings. The second kappa shape index (κ2) is 6.91. The Morgan fingerprint density at radius 1 is 1.15 bits per heavy atom. The van der Waals surface area contributed by atoms with Crippen molar-refractivity contribution in [3.63, 3.8) is 0 Å². The number of rotatable bonds is 4. The van der Waals surface area contributed by atoms with E-state index in [1.54, 1.807) is 35.4 Å². The largest absolute Gasteiger partial charge is 0.356 e. The third-order valence-corrected chi connectivity index (χ3v) is 4.18. The number of hydrogen-bond donors (Lipinski definition) is 1. The van der Waals surface area contributed by atoms with Crippen LogP contribution in [-0.2, 0) is 0 Å². The van der Waals surface area contributed by atoms with Gasteiger partial charge in [0.1, 0.15) is 23.7 Å². The van der Waals surface area contributed by atoms with Crippen LogP contribution < -0.4 is 10.2 Å². The second-order valence-corrected chi connectivity index (χ2v) is 6.04. The molecular weight excluding hydrogens is 335 g/mol. The first-order valence-corrected chi connectivity index (χ1v) is 8.38. The van der Waals surface area contributed by atoms with Crippen LogP contribution >= 0.6 is 0 Å². The van der Waals surface area contributed by atoms with Crippen molar-refractivity contribution in [1.29, 1.82) is 0 Å². The molecule has 2 aromatic heterocycles. The topological polar surface area (TPSA) is 75.9 Å². The molecule has 26 heavy (non-hydrogen) atoms. The molecule has 1 amide bonds. The molecule has 8 heteroatoms. The zero-order valence-corrected chi connectivity index (χ0v) is 14.0. The van der Waals surface area contributed by atoms with Crippen molar-refractivity contribution in [2.45, 2.75) is 12.8 Å². The van der Waals surface area contributed by atoms with Gasteiger partial charge in [-0.05, 0) is 31.0 Å². The average molecular weight is 352 g/mol. The van der Waals surface area contributed by atoms with Crippen LogP contribution in [0.5, 0.6) is 0 Å². The molecule has 1 aliphatic rings. The third-order valence-electron chi connectivity index (χ3n) is 4.18. The lowest BCUT2D eigenvalue weighted by Crippen LogP contribution is -2.22. The number of nitrogens with zero attached hydrogens (tertiary/aromatic N) is 5. The van der Waals surface area contributed by atoms with Gasteiger partial charge in [0.15, 0.2) is 0 Å². The molecule has 1 aliphatic heterocycles. The summed E-state index contributed by atoms with van der Waals surface area (Å²) in [5.74, 6) is 0.240. The highest BCUT2D eigenvalue weighted by molar-refractivity contribution is 6.03. The molecule has 0 saturated carbocycles. The number of aromatic nitrogens is 4. The van der Waals surface area contributed by atoms with Crippen LogP contribution in [0.3, 0.4) is 0 Å². The molecule has 7 nitrogen and oxygen atoms in total. The number of anilines is 2. The summed E-state index contributed by atoms with van der Waals surface area (Å²) in [6.07, 6.45) is 7.11. The molecule has 132 valence electrons. The Balaban J connectivity index is 1.68. The van der Waals surface area contributed by atoms with Crippen LogP contribution in [0.4, 0.5) is 15.9 Å². The molecule has 0 atom stereocenters. The van der Waals surface area contributed by atoms with Crippen LogP contribution in [-0.4, -0.2) is 38.5 Å². The van der Waals surface area contributed by atoms with Crippen molar-refractivity contribution in [1.82, 2.24) is 19.5 Å². The smallest absolute Gasteiger partial charge is 0.274 e. The average Bonchev–Trinajstić information content (AvgIpc) is 3.35. The van der Waals surface area contributed by atoms with Crippen molar-refractivity contribution < 1.29 is 9.18 Å². The summed E-state index contributed by atoms with van der Waals surface area (Å²) in [7, 11) is 0. The molecule has 0 bridgehead atoms. The predicted octanol–water partition coefficient (Wildman–Crippen LogP) is 2.65. The van der Waals surface area contributed by atoms with Crippen molar-refractivity contribution >= 4 is 17.4 Å². The first-order valence-electron chi connectivity index (χ1n) is 8.38. The van der Waals surface area contributed by atoms with Gasteiger partial charge in [0, 0.05) is 37.2 Å². The molecule has 3 aromatic rings. The SMILES string of the molecule is O=C(Nc1cccc(F)c1)c1cc(N2CCCC2)nc(-n2ccnc2)n1. The van der Waals surface area contributed by atoms with Crippen LogP contribution in [0.2, 0.25) is 0 Å². The van der Waals surface area contributed by atoms with Crippen LogP contribution in [0, 0.1) is 5.82 Å². The van der Waals surface area contributed by atoms with Gasteiger partial charge in [0.2, 0.25) is 5.95 Å². The summed E-state index contributed by atoms with van der Waals surface area (Å²) in [5, 5.41) is 2.68. The van der Waals surface area contributed by atoms with Gasteiger partial charge in [-0.2, -0.15) is 4.98 Å². The lowest BCUT2D eigenvalue weighted by Gasteiger charge is -2.18. The summed E-state index contributed by atoms with van der Waals surface area (Å²) in [4.78, 5) is 27.7. The van der Waals surface area contributed by atoms with Gasteiger partial charge in [-0.1, -0.05) is 6.07 Å². The number of halogens is 1. The summed E-state index contributed by atoms with van der Waals surface area (Å²) in [5.41, 5.74) is 0.593. The summed E-state index contributed by atoms with van der Waals surface area (Å²) in [6, 6.07) is 7.42. The summed E-state index contributed by atoms with van der Waals surface area (Å²) >= 11 is 0. The zero-order valence-electron chi connectivity index (χ0n) is 14.0. The minimum Gasteiger partial charge on any atom is -0.356 e. The number of amides is 1. The molecule has 4 rings (SSSR count). The number of imidazole rings is 1. The minimum absolute atomic E-state index is 0.217. The molecule has 0 spiro atoms. The zero-order chi connectivity index (χ0) is 17.9. The van der Waals surface area contributed by atoms with Crippen LogP contribution in [0.25, 0.3) is 5.95 Å². The fourth-order valence-electron chi connectivity index (χ4n) is 2.90. The van der Waals surface area contributed by atoms with Crippen molar-refractivity contribution in [2.24, 2.45) is 0 Å². The Labute approximate surface area is 149 Å². The highest BCUT2D eigenvalue weighted by atomic mass is 19.1. The Kier molecular flexibility index (Phi) is 4.30. The van der Waals surface area contributed by atoms with E-state index in [0.717, 1.165) is 25.9 Å². The van der Waals surface area contributed by atoms with E-state index in [-0.39, 0.29) is 5.69 Å². The van der Waals surface area contributed by atoms with Crippen molar-refractivity contribution in [3.8, 4) is 5.95 Å². The fourth-order valence-corrected chi connectivity index (χ4v) is 2.90. The molecular formula is C18H17FN6O. The van der Waals surface area contributed by atoms with Gasteiger partial charge in [-0.3, -0.25) is 9.36 Å². The van der Waals surface area contributed by atoms with Crippen LogP contribution in [0.15, 0.2) is 49.1 Å². The molecule has 1 saturated heterocycles. The number of benzene rings is 1. The van der Waals surface area contributed by atoms with Crippen molar-refractivity contribution in [3.05, 3.63) is 60.6 Å². The van der Waals surface area contributed by atoms with E-state index >= 15 is 0 Å². The maximum atomic E-state index is 13.3.